The number of hydrogen-bond acceptors (Lipinski definition) is 7. The summed E-state index contributed by atoms with van der Waals surface area (Å²) in [5.41, 5.74) is 4.69. The molecule has 1 saturated heterocycles. The summed E-state index contributed by atoms with van der Waals surface area (Å²) < 4.78 is 17.1. The minimum Gasteiger partial charge on any atom is -0.496 e. The lowest BCUT2D eigenvalue weighted by atomic mass is 10.1. The SMILES string of the molecule is COc1ccc2c(cnn2C2CCCCO2)c1-c1cn(Cc2cn3cc(C=O)ccc3n2)nn1. The summed E-state index contributed by atoms with van der Waals surface area (Å²) in [6.07, 6.45) is 11.3. The van der Waals surface area contributed by atoms with Crippen LogP contribution in [0.25, 0.3) is 27.8 Å². The van der Waals surface area contributed by atoms with E-state index in [0.29, 0.717) is 23.6 Å². The van der Waals surface area contributed by atoms with E-state index in [9.17, 15) is 4.79 Å². The fraction of sp³-hybridized carbons (Fsp3) is 0.292. The number of carbonyl (C=O) groups excluding carboxylic acids is 1. The average Bonchev–Trinajstić information content (AvgIpc) is 3.61. The van der Waals surface area contributed by atoms with Gasteiger partial charge in [0.25, 0.3) is 0 Å². The molecule has 0 radical (unpaired) electrons. The van der Waals surface area contributed by atoms with Gasteiger partial charge in [0.2, 0.25) is 0 Å². The summed E-state index contributed by atoms with van der Waals surface area (Å²) in [6, 6.07) is 7.51. The van der Waals surface area contributed by atoms with Crippen LogP contribution in [0, 0.1) is 0 Å². The minimum absolute atomic E-state index is 0.0574. The summed E-state index contributed by atoms with van der Waals surface area (Å²) in [4.78, 5) is 15.7. The van der Waals surface area contributed by atoms with Crippen molar-refractivity contribution in [3.63, 3.8) is 0 Å². The molecule has 1 aliphatic heterocycles. The Bertz CT molecular complexity index is 1490. The van der Waals surface area contributed by atoms with Gasteiger partial charge < -0.3 is 13.9 Å². The number of aldehydes is 1. The van der Waals surface area contributed by atoms with Crippen LogP contribution in [0.5, 0.6) is 5.75 Å². The van der Waals surface area contributed by atoms with Crippen LogP contribution in [0.15, 0.2) is 49.1 Å². The second-order valence-corrected chi connectivity index (χ2v) is 8.37. The summed E-state index contributed by atoms with van der Waals surface area (Å²) >= 11 is 0. The lowest BCUT2D eigenvalue weighted by Crippen LogP contribution is -2.18. The molecule has 1 fully saturated rings. The molecule has 0 spiro atoms. The van der Waals surface area contributed by atoms with E-state index in [4.69, 9.17) is 9.47 Å². The van der Waals surface area contributed by atoms with E-state index in [0.717, 1.165) is 60.0 Å². The second kappa shape index (κ2) is 8.38. The first-order valence-electron chi connectivity index (χ1n) is 11.2. The number of benzene rings is 1. The van der Waals surface area contributed by atoms with Crippen LogP contribution >= 0.6 is 0 Å². The Morgan fingerprint density at radius 2 is 2.12 bits per heavy atom. The number of pyridine rings is 1. The Hall–Kier alpha value is -4.05. The fourth-order valence-electron chi connectivity index (χ4n) is 4.55. The van der Waals surface area contributed by atoms with Gasteiger partial charge in [0.15, 0.2) is 12.5 Å². The van der Waals surface area contributed by atoms with Crippen molar-refractivity contribution < 1.29 is 14.3 Å². The number of rotatable bonds is 6. The van der Waals surface area contributed by atoms with E-state index in [-0.39, 0.29) is 6.23 Å². The summed E-state index contributed by atoms with van der Waals surface area (Å²) in [7, 11) is 1.65. The molecule has 34 heavy (non-hydrogen) atoms. The molecule has 1 aliphatic rings. The number of aromatic nitrogens is 7. The molecule has 5 heterocycles. The van der Waals surface area contributed by atoms with Gasteiger partial charge in [-0.15, -0.1) is 5.10 Å². The molecule has 10 heteroatoms. The standard InChI is InChI=1S/C24H23N7O3/c1-33-21-7-6-20-18(10-25-31(20)23-4-2-3-9-34-23)24(21)19-14-30(28-27-19)13-17-12-29-11-16(15-32)5-8-22(29)26-17/h5-8,10-12,14-15,23H,2-4,9,13H2,1H3. The third-order valence-electron chi connectivity index (χ3n) is 6.17. The molecule has 5 aromatic rings. The number of hydrogen-bond donors (Lipinski definition) is 0. The van der Waals surface area contributed by atoms with Gasteiger partial charge in [0.1, 0.15) is 17.1 Å². The van der Waals surface area contributed by atoms with E-state index in [1.807, 2.05) is 45.9 Å². The predicted molar refractivity (Wildman–Crippen MR) is 124 cm³/mol. The van der Waals surface area contributed by atoms with E-state index in [1.54, 1.807) is 24.1 Å². The minimum atomic E-state index is -0.0574. The molecule has 1 unspecified atom stereocenters. The fourth-order valence-corrected chi connectivity index (χ4v) is 4.55. The first-order valence-corrected chi connectivity index (χ1v) is 11.2. The normalized spacial score (nSPS) is 16.3. The monoisotopic (exact) mass is 457 g/mol. The Morgan fingerprint density at radius 1 is 1.18 bits per heavy atom. The van der Waals surface area contributed by atoms with Gasteiger partial charge in [0, 0.05) is 30.0 Å². The van der Waals surface area contributed by atoms with Crippen LogP contribution in [0.4, 0.5) is 0 Å². The van der Waals surface area contributed by atoms with Crippen LogP contribution in [-0.4, -0.2) is 54.2 Å². The van der Waals surface area contributed by atoms with Crippen molar-refractivity contribution in [2.24, 2.45) is 0 Å². The van der Waals surface area contributed by atoms with Gasteiger partial charge in [-0.25, -0.2) is 14.3 Å². The van der Waals surface area contributed by atoms with Gasteiger partial charge in [-0.1, -0.05) is 5.21 Å². The van der Waals surface area contributed by atoms with Crippen LogP contribution < -0.4 is 4.74 Å². The van der Waals surface area contributed by atoms with Crippen LogP contribution in [0.3, 0.4) is 0 Å². The molecule has 0 amide bonds. The average molecular weight is 457 g/mol. The highest BCUT2D eigenvalue weighted by Gasteiger charge is 2.22. The first kappa shape index (κ1) is 20.5. The number of nitrogens with zero attached hydrogens (tertiary/aromatic N) is 7. The lowest BCUT2D eigenvalue weighted by Gasteiger charge is -2.23. The Labute approximate surface area is 194 Å². The Morgan fingerprint density at radius 3 is 2.94 bits per heavy atom. The molecule has 172 valence electrons. The van der Waals surface area contributed by atoms with Crippen molar-refractivity contribution in [2.75, 3.05) is 13.7 Å². The highest BCUT2D eigenvalue weighted by molar-refractivity contribution is 5.97. The van der Waals surface area contributed by atoms with Crippen molar-refractivity contribution in [1.29, 1.82) is 0 Å². The molecule has 4 aromatic heterocycles. The molecule has 6 rings (SSSR count). The zero-order valence-electron chi connectivity index (χ0n) is 18.7. The maximum absolute atomic E-state index is 11.0. The molecule has 0 saturated carbocycles. The van der Waals surface area contributed by atoms with E-state index >= 15 is 0 Å². The molecule has 1 aromatic carbocycles. The van der Waals surface area contributed by atoms with Crippen molar-refractivity contribution in [3.8, 4) is 17.0 Å². The number of methoxy groups -OCH3 is 1. The van der Waals surface area contributed by atoms with Gasteiger partial charge in [-0.2, -0.15) is 5.10 Å². The van der Waals surface area contributed by atoms with E-state index in [1.165, 1.54) is 0 Å². The lowest BCUT2D eigenvalue weighted by molar-refractivity contribution is -0.0366. The number of imidazole rings is 1. The topological polar surface area (TPSA) is 101 Å². The number of ether oxygens (including phenoxy) is 2. The zero-order valence-corrected chi connectivity index (χ0v) is 18.7. The van der Waals surface area contributed by atoms with Crippen molar-refractivity contribution in [3.05, 3.63) is 60.3 Å². The maximum Gasteiger partial charge on any atom is 0.151 e. The van der Waals surface area contributed by atoms with Gasteiger partial charge in [-0.3, -0.25) is 4.79 Å². The van der Waals surface area contributed by atoms with Crippen LogP contribution in [0.2, 0.25) is 0 Å². The molecule has 10 nitrogen and oxygen atoms in total. The molecule has 0 N–H and O–H groups in total. The molecule has 1 atom stereocenters. The van der Waals surface area contributed by atoms with Crippen molar-refractivity contribution in [2.45, 2.75) is 32.0 Å². The molecular formula is C24H23N7O3. The Kier molecular flexibility index (Phi) is 5.06. The highest BCUT2D eigenvalue weighted by atomic mass is 16.5. The summed E-state index contributed by atoms with van der Waals surface area (Å²) in [5.74, 6) is 0.706. The summed E-state index contributed by atoms with van der Waals surface area (Å²) in [5, 5.41) is 14.3. The molecule has 0 aliphatic carbocycles. The third-order valence-corrected chi connectivity index (χ3v) is 6.17. The maximum atomic E-state index is 11.0. The largest absolute Gasteiger partial charge is 0.496 e. The predicted octanol–water partition coefficient (Wildman–Crippen LogP) is 3.51. The van der Waals surface area contributed by atoms with Crippen molar-refractivity contribution in [1.82, 2.24) is 34.2 Å². The number of fused-ring (bicyclic) bond motifs is 2. The zero-order chi connectivity index (χ0) is 23.1. The van der Waals surface area contributed by atoms with Gasteiger partial charge >= 0.3 is 0 Å². The molecular weight excluding hydrogens is 434 g/mol. The highest BCUT2D eigenvalue weighted by Crippen LogP contribution is 2.37. The molecule has 0 bridgehead atoms. The van der Waals surface area contributed by atoms with E-state index in [2.05, 4.69) is 20.4 Å². The number of carbonyl (C=O) groups is 1. The van der Waals surface area contributed by atoms with Crippen LogP contribution in [0.1, 0.15) is 41.5 Å². The quantitative estimate of drug-likeness (QED) is 0.360. The third kappa shape index (κ3) is 3.52. The van der Waals surface area contributed by atoms with E-state index < -0.39 is 0 Å². The van der Waals surface area contributed by atoms with Crippen LogP contribution in [-0.2, 0) is 11.3 Å². The second-order valence-electron chi connectivity index (χ2n) is 8.37. The first-order chi connectivity index (χ1) is 16.7. The Balaban J connectivity index is 1.35. The van der Waals surface area contributed by atoms with Gasteiger partial charge in [-0.05, 0) is 43.5 Å². The van der Waals surface area contributed by atoms with Gasteiger partial charge in [0.05, 0.1) is 42.8 Å². The summed E-state index contributed by atoms with van der Waals surface area (Å²) in [6.45, 7) is 1.20. The smallest absolute Gasteiger partial charge is 0.151 e. The van der Waals surface area contributed by atoms with Crippen molar-refractivity contribution >= 4 is 22.8 Å².